The van der Waals surface area contributed by atoms with Gasteiger partial charge in [0.2, 0.25) is 0 Å². The molecule has 2 aromatic rings. The number of halogens is 2. The predicted molar refractivity (Wildman–Crippen MR) is 72.3 cm³/mol. The molecule has 90 valence electrons. The number of carbonyl (C=O) groups is 1. The lowest BCUT2D eigenvalue weighted by Crippen LogP contribution is -1.88. The molecule has 3 nitrogen and oxygen atoms in total. The molecule has 0 unspecified atom stereocenters. The third kappa shape index (κ3) is 3.15. The lowest BCUT2D eigenvalue weighted by Gasteiger charge is -1.99. The highest BCUT2D eigenvalue weighted by Gasteiger charge is 2.07. The molecule has 2 rings (SSSR count). The van der Waals surface area contributed by atoms with Gasteiger partial charge < -0.3 is 0 Å². The van der Waals surface area contributed by atoms with Gasteiger partial charge >= 0.3 is 0 Å². The van der Waals surface area contributed by atoms with E-state index in [4.69, 9.17) is 23.2 Å². The summed E-state index contributed by atoms with van der Waals surface area (Å²) < 4.78 is 0. The zero-order valence-electron chi connectivity index (χ0n) is 9.18. The van der Waals surface area contributed by atoms with Crippen LogP contribution in [-0.4, -0.2) is 5.24 Å². The highest BCUT2D eigenvalue weighted by molar-refractivity contribution is 6.68. The van der Waals surface area contributed by atoms with Crippen molar-refractivity contribution >= 4 is 39.8 Å². The molecule has 0 spiro atoms. The van der Waals surface area contributed by atoms with Crippen LogP contribution in [-0.2, 0) is 0 Å². The van der Waals surface area contributed by atoms with Crippen LogP contribution in [0.25, 0.3) is 0 Å². The Balaban J connectivity index is 2.23. The van der Waals surface area contributed by atoms with Crippen molar-refractivity contribution in [3.8, 4) is 0 Å². The van der Waals surface area contributed by atoms with Gasteiger partial charge in [0.15, 0.2) is 0 Å². The smallest absolute Gasteiger partial charge is 0.253 e. The summed E-state index contributed by atoms with van der Waals surface area (Å²) >= 11 is 11.3. The number of rotatable bonds is 3. The number of nitrogens with zero attached hydrogens (tertiary/aromatic N) is 2. The normalized spacial score (nSPS) is 10.8. The quantitative estimate of drug-likeness (QED) is 0.567. The molecule has 0 aliphatic rings. The van der Waals surface area contributed by atoms with E-state index in [-0.39, 0.29) is 10.6 Å². The first-order valence-corrected chi connectivity index (χ1v) is 5.88. The second-order valence-electron chi connectivity index (χ2n) is 3.47. The zero-order chi connectivity index (χ0) is 13.0. The number of hydrogen-bond acceptors (Lipinski definition) is 3. The van der Waals surface area contributed by atoms with Gasteiger partial charge in [-0.15, -0.1) is 0 Å². The van der Waals surface area contributed by atoms with E-state index in [1.54, 1.807) is 12.1 Å². The summed E-state index contributed by atoms with van der Waals surface area (Å²) in [5, 5.41) is 7.74. The zero-order valence-corrected chi connectivity index (χ0v) is 10.7. The molecule has 0 radical (unpaired) electrons. The van der Waals surface area contributed by atoms with Crippen molar-refractivity contribution in [1.29, 1.82) is 0 Å². The van der Waals surface area contributed by atoms with Gasteiger partial charge in [0.05, 0.1) is 22.0 Å². The van der Waals surface area contributed by atoms with Gasteiger partial charge in [0, 0.05) is 0 Å². The van der Waals surface area contributed by atoms with E-state index in [2.05, 4.69) is 10.2 Å². The fourth-order valence-electron chi connectivity index (χ4n) is 1.34. The van der Waals surface area contributed by atoms with Gasteiger partial charge in [-0.3, -0.25) is 4.79 Å². The highest BCUT2D eigenvalue weighted by Crippen LogP contribution is 2.25. The standard InChI is InChI=1S/C13H8Cl2N2O/c14-12-8-10(6-7-11(12)13(15)18)17-16-9-4-2-1-3-5-9/h1-8H. The molecule has 0 saturated heterocycles. The summed E-state index contributed by atoms with van der Waals surface area (Å²) in [6, 6.07) is 14.0. The molecule has 5 heteroatoms. The van der Waals surface area contributed by atoms with Crippen molar-refractivity contribution in [1.82, 2.24) is 0 Å². The molecular weight excluding hydrogens is 271 g/mol. The predicted octanol–water partition coefficient (Wildman–Crippen LogP) is 5.13. The highest BCUT2D eigenvalue weighted by atomic mass is 35.5. The van der Waals surface area contributed by atoms with Gasteiger partial charge in [-0.2, -0.15) is 10.2 Å². The number of benzene rings is 2. The van der Waals surface area contributed by atoms with Crippen LogP contribution in [0.2, 0.25) is 5.02 Å². The van der Waals surface area contributed by atoms with Crippen molar-refractivity contribution in [3.63, 3.8) is 0 Å². The lowest BCUT2D eigenvalue weighted by atomic mass is 10.2. The minimum absolute atomic E-state index is 0.261. The van der Waals surface area contributed by atoms with Gasteiger partial charge in [-0.1, -0.05) is 29.8 Å². The molecule has 0 bridgehead atoms. The van der Waals surface area contributed by atoms with Crippen LogP contribution in [0.3, 0.4) is 0 Å². The summed E-state index contributed by atoms with van der Waals surface area (Å²) in [6.07, 6.45) is 0. The summed E-state index contributed by atoms with van der Waals surface area (Å²) in [4.78, 5) is 11.0. The van der Waals surface area contributed by atoms with E-state index in [0.29, 0.717) is 5.69 Å². The molecule has 0 aliphatic heterocycles. The lowest BCUT2D eigenvalue weighted by molar-refractivity contribution is 0.108. The average Bonchev–Trinajstić information content (AvgIpc) is 2.37. The Hall–Kier alpha value is -1.71. The van der Waals surface area contributed by atoms with E-state index in [1.807, 2.05) is 30.3 Å². The van der Waals surface area contributed by atoms with Crippen LogP contribution in [0, 0.1) is 0 Å². The van der Waals surface area contributed by atoms with Crippen molar-refractivity contribution in [2.75, 3.05) is 0 Å². The second kappa shape index (κ2) is 5.76. The Morgan fingerprint density at radius 1 is 0.944 bits per heavy atom. The second-order valence-corrected chi connectivity index (χ2v) is 4.22. The summed E-state index contributed by atoms with van der Waals surface area (Å²) in [7, 11) is 0. The topological polar surface area (TPSA) is 41.8 Å². The van der Waals surface area contributed by atoms with Crippen LogP contribution < -0.4 is 0 Å². The van der Waals surface area contributed by atoms with Gasteiger partial charge in [0.25, 0.3) is 5.24 Å². The molecule has 0 aliphatic carbocycles. The largest absolute Gasteiger partial charge is 0.276 e. The fourth-order valence-corrected chi connectivity index (χ4v) is 1.81. The Bertz CT molecular complexity index is 597. The molecule has 0 heterocycles. The first-order valence-electron chi connectivity index (χ1n) is 5.13. The molecule has 0 atom stereocenters. The minimum Gasteiger partial charge on any atom is -0.276 e. The molecule has 0 fully saturated rings. The van der Waals surface area contributed by atoms with Crippen molar-refractivity contribution < 1.29 is 4.79 Å². The van der Waals surface area contributed by atoms with Crippen molar-refractivity contribution in [2.45, 2.75) is 0 Å². The van der Waals surface area contributed by atoms with Crippen LogP contribution in [0.15, 0.2) is 58.8 Å². The SMILES string of the molecule is O=C(Cl)c1ccc(N=Nc2ccccc2)cc1Cl. The van der Waals surface area contributed by atoms with Gasteiger partial charge in [0.1, 0.15) is 0 Å². The average molecular weight is 279 g/mol. The van der Waals surface area contributed by atoms with Crippen molar-refractivity contribution in [2.24, 2.45) is 10.2 Å². The maximum atomic E-state index is 11.0. The summed E-state index contributed by atoms with van der Waals surface area (Å²) in [5.41, 5.74) is 1.56. The van der Waals surface area contributed by atoms with E-state index in [0.717, 1.165) is 5.69 Å². The first kappa shape index (κ1) is 12.7. The van der Waals surface area contributed by atoms with E-state index in [9.17, 15) is 4.79 Å². The van der Waals surface area contributed by atoms with Crippen LogP contribution >= 0.6 is 23.2 Å². The van der Waals surface area contributed by atoms with Gasteiger partial charge in [-0.05, 0) is 41.9 Å². The third-order valence-corrected chi connectivity index (χ3v) is 2.72. The monoisotopic (exact) mass is 278 g/mol. The Kier molecular flexibility index (Phi) is 4.07. The van der Waals surface area contributed by atoms with Crippen LogP contribution in [0.1, 0.15) is 10.4 Å². The number of azo groups is 1. The number of carbonyl (C=O) groups excluding carboxylic acids is 1. The number of hydrogen-bond donors (Lipinski definition) is 0. The first-order chi connectivity index (χ1) is 8.66. The van der Waals surface area contributed by atoms with E-state index >= 15 is 0 Å². The molecule has 18 heavy (non-hydrogen) atoms. The van der Waals surface area contributed by atoms with Crippen LogP contribution in [0.4, 0.5) is 11.4 Å². The molecule has 0 saturated carbocycles. The summed E-state index contributed by atoms with van der Waals surface area (Å²) in [5.74, 6) is 0. The van der Waals surface area contributed by atoms with Crippen molar-refractivity contribution in [3.05, 3.63) is 59.1 Å². The fraction of sp³-hybridized carbons (Fsp3) is 0. The Labute approximate surface area is 114 Å². The molecule has 0 aromatic heterocycles. The maximum absolute atomic E-state index is 11.0. The molecule has 2 aromatic carbocycles. The maximum Gasteiger partial charge on any atom is 0.253 e. The Morgan fingerprint density at radius 3 is 2.22 bits per heavy atom. The minimum atomic E-state index is -0.591. The molecule has 0 N–H and O–H groups in total. The molecular formula is C13H8Cl2N2O. The van der Waals surface area contributed by atoms with E-state index < -0.39 is 5.24 Å². The Morgan fingerprint density at radius 2 is 1.61 bits per heavy atom. The van der Waals surface area contributed by atoms with E-state index in [1.165, 1.54) is 6.07 Å². The molecule has 0 amide bonds. The third-order valence-electron chi connectivity index (χ3n) is 2.20. The van der Waals surface area contributed by atoms with Gasteiger partial charge in [-0.25, -0.2) is 0 Å². The summed E-state index contributed by atoms with van der Waals surface area (Å²) in [6.45, 7) is 0. The van der Waals surface area contributed by atoms with Crippen LogP contribution in [0.5, 0.6) is 0 Å².